The molecule has 0 radical (unpaired) electrons. The molecule has 1 aliphatic heterocycles. The van der Waals surface area contributed by atoms with Crippen LogP contribution in [0.5, 0.6) is 0 Å². The topological polar surface area (TPSA) is 42.8 Å². The number of halogens is 2. The summed E-state index contributed by atoms with van der Waals surface area (Å²) in [7, 11) is 0. The van der Waals surface area contributed by atoms with Crippen LogP contribution in [0.4, 0.5) is 5.69 Å². The number of hydrogen-bond acceptors (Lipinski definition) is 2. The summed E-state index contributed by atoms with van der Waals surface area (Å²) in [6.45, 7) is 7.67. The Bertz CT molecular complexity index is 494. The van der Waals surface area contributed by atoms with Gasteiger partial charge < -0.3 is 15.0 Å². The highest BCUT2D eigenvalue weighted by Gasteiger charge is 2.32. The summed E-state index contributed by atoms with van der Waals surface area (Å²) in [4.78, 5) is 13.6. The molecule has 1 amide bonds. The van der Waals surface area contributed by atoms with Crippen molar-refractivity contribution in [1.82, 2.24) is 0 Å². The zero-order chi connectivity index (χ0) is 15.6. The van der Waals surface area contributed by atoms with Gasteiger partial charge in [0.15, 0.2) is 6.04 Å². The lowest BCUT2D eigenvalue weighted by Crippen LogP contribution is -3.19. The zero-order valence-corrected chi connectivity index (χ0v) is 14.0. The van der Waals surface area contributed by atoms with E-state index in [9.17, 15) is 4.79 Å². The summed E-state index contributed by atoms with van der Waals surface area (Å²) < 4.78 is 5.71. The lowest BCUT2D eigenvalue weighted by Gasteiger charge is -2.35. The largest absolute Gasteiger partial charge is 0.364 e. The smallest absolute Gasteiger partial charge is 0.282 e. The summed E-state index contributed by atoms with van der Waals surface area (Å²) in [5.41, 5.74) is 0.623. The van der Waals surface area contributed by atoms with E-state index in [2.05, 4.69) is 5.32 Å². The Balaban J connectivity index is 2.02. The molecule has 0 unspecified atom stereocenters. The van der Waals surface area contributed by atoms with Crippen LogP contribution in [0, 0.1) is 0 Å². The highest BCUT2D eigenvalue weighted by atomic mass is 35.5. The van der Waals surface area contributed by atoms with Crippen molar-refractivity contribution in [3.8, 4) is 0 Å². The van der Waals surface area contributed by atoms with Crippen molar-refractivity contribution in [2.45, 2.75) is 39.0 Å². The molecule has 1 fully saturated rings. The lowest BCUT2D eigenvalue weighted by atomic mass is 10.1. The standard InChI is InChI=1S/C15H20Cl2N2O2/c1-9-7-19(8-10(2)21-9)11(3)15(20)18-14-5-12(16)4-13(17)6-14/h4-6,9-11H,7-8H2,1-3H3,(H,18,20)/p+1/t9-,10-,11-/m0/s1. The van der Waals surface area contributed by atoms with Crippen LogP contribution >= 0.6 is 23.2 Å². The summed E-state index contributed by atoms with van der Waals surface area (Å²) in [6, 6.07) is 4.87. The Labute approximate surface area is 135 Å². The molecular formula is C15H21Cl2N2O2+. The van der Waals surface area contributed by atoms with Gasteiger partial charge in [-0.15, -0.1) is 0 Å². The fraction of sp³-hybridized carbons (Fsp3) is 0.533. The van der Waals surface area contributed by atoms with Crippen LogP contribution in [0.1, 0.15) is 20.8 Å². The van der Waals surface area contributed by atoms with Gasteiger partial charge in [-0.2, -0.15) is 0 Å². The van der Waals surface area contributed by atoms with Gasteiger partial charge in [0.1, 0.15) is 25.3 Å². The van der Waals surface area contributed by atoms with E-state index in [0.717, 1.165) is 13.1 Å². The average Bonchev–Trinajstić information content (AvgIpc) is 2.35. The number of amides is 1. The number of quaternary nitrogens is 1. The first-order valence-electron chi connectivity index (χ1n) is 7.12. The highest BCUT2D eigenvalue weighted by molar-refractivity contribution is 6.35. The molecule has 0 saturated carbocycles. The van der Waals surface area contributed by atoms with Gasteiger partial charge in [-0.1, -0.05) is 23.2 Å². The van der Waals surface area contributed by atoms with Crippen molar-refractivity contribution >= 4 is 34.8 Å². The lowest BCUT2D eigenvalue weighted by molar-refractivity contribution is -0.928. The second-order valence-corrected chi connectivity index (χ2v) is 6.57. The minimum Gasteiger partial charge on any atom is -0.364 e. The van der Waals surface area contributed by atoms with E-state index < -0.39 is 0 Å². The first kappa shape index (κ1) is 16.6. The van der Waals surface area contributed by atoms with Crippen LogP contribution in [0.15, 0.2) is 18.2 Å². The number of carbonyl (C=O) groups excluding carboxylic acids is 1. The van der Waals surface area contributed by atoms with E-state index in [1.807, 2.05) is 20.8 Å². The molecule has 1 saturated heterocycles. The Hall–Kier alpha value is -0.810. The monoisotopic (exact) mass is 331 g/mol. The molecule has 2 rings (SSSR count). The fourth-order valence-electron chi connectivity index (χ4n) is 2.73. The van der Waals surface area contributed by atoms with Gasteiger partial charge >= 0.3 is 0 Å². The Kier molecular flexibility index (Phi) is 5.49. The maximum atomic E-state index is 12.4. The van der Waals surface area contributed by atoms with Crippen molar-refractivity contribution < 1.29 is 14.4 Å². The molecular weight excluding hydrogens is 311 g/mol. The summed E-state index contributed by atoms with van der Waals surface area (Å²) >= 11 is 11.9. The number of anilines is 1. The number of nitrogens with one attached hydrogen (secondary N) is 2. The van der Waals surface area contributed by atoms with Crippen molar-refractivity contribution in [3.05, 3.63) is 28.2 Å². The van der Waals surface area contributed by atoms with E-state index in [1.165, 1.54) is 4.90 Å². The average molecular weight is 332 g/mol. The van der Waals surface area contributed by atoms with Crippen LogP contribution in [0.3, 0.4) is 0 Å². The minimum atomic E-state index is -0.156. The maximum absolute atomic E-state index is 12.4. The van der Waals surface area contributed by atoms with Crippen molar-refractivity contribution in [3.63, 3.8) is 0 Å². The summed E-state index contributed by atoms with van der Waals surface area (Å²) in [5.74, 6) is -0.0374. The molecule has 6 heteroatoms. The molecule has 0 aromatic heterocycles. The number of benzene rings is 1. The number of hydrogen-bond donors (Lipinski definition) is 2. The summed E-state index contributed by atoms with van der Waals surface area (Å²) in [5, 5.41) is 3.89. The van der Waals surface area contributed by atoms with Gasteiger partial charge in [-0.05, 0) is 39.0 Å². The molecule has 4 nitrogen and oxygen atoms in total. The number of morpholine rings is 1. The first-order valence-corrected chi connectivity index (χ1v) is 7.87. The third-order valence-corrected chi connectivity index (χ3v) is 4.14. The second kappa shape index (κ2) is 6.97. The van der Waals surface area contributed by atoms with Crippen molar-refractivity contribution in [2.24, 2.45) is 0 Å². The molecule has 1 aromatic carbocycles. The van der Waals surface area contributed by atoms with Crippen molar-refractivity contribution in [2.75, 3.05) is 18.4 Å². The van der Waals surface area contributed by atoms with Crippen LogP contribution in [-0.2, 0) is 9.53 Å². The van der Waals surface area contributed by atoms with Crippen LogP contribution in [-0.4, -0.2) is 37.2 Å². The molecule has 116 valence electrons. The molecule has 0 spiro atoms. The van der Waals surface area contributed by atoms with E-state index >= 15 is 0 Å². The zero-order valence-electron chi connectivity index (χ0n) is 12.5. The number of ether oxygens (including phenoxy) is 1. The molecule has 2 N–H and O–H groups in total. The van der Waals surface area contributed by atoms with Gasteiger partial charge in [0.05, 0.1) is 0 Å². The Morgan fingerprint density at radius 3 is 2.29 bits per heavy atom. The molecule has 1 heterocycles. The summed E-state index contributed by atoms with van der Waals surface area (Å²) in [6.07, 6.45) is 0.333. The molecule has 3 atom stereocenters. The van der Waals surface area contributed by atoms with Crippen LogP contribution in [0.2, 0.25) is 10.0 Å². The first-order chi connectivity index (χ1) is 9.85. The highest BCUT2D eigenvalue weighted by Crippen LogP contribution is 2.22. The van der Waals surface area contributed by atoms with Crippen LogP contribution < -0.4 is 10.2 Å². The SMILES string of the molecule is C[C@H]1C[NH+]([C@@H](C)C(=O)Nc2cc(Cl)cc(Cl)c2)C[C@H](C)O1. The maximum Gasteiger partial charge on any atom is 0.282 e. The van der Waals surface area contributed by atoms with Gasteiger partial charge in [-0.25, -0.2) is 0 Å². The second-order valence-electron chi connectivity index (χ2n) is 5.69. The molecule has 1 aliphatic rings. The van der Waals surface area contributed by atoms with E-state index in [-0.39, 0.29) is 24.2 Å². The van der Waals surface area contributed by atoms with Gasteiger partial charge in [0, 0.05) is 15.7 Å². The number of carbonyl (C=O) groups is 1. The number of rotatable bonds is 3. The fourth-order valence-corrected chi connectivity index (χ4v) is 3.26. The van der Waals surface area contributed by atoms with Gasteiger partial charge in [0.2, 0.25) is 0 Å². The predicted molar refractivity (Wildman–Crippen MR) is 85.3 cm³/mol. The molecule has 0 aliphatic carbocycles. The quantitative estimate of drug-likeness (QED) is 0.889. The Morgan fingerprint density at radius 1 is 1.24 bits per heavy atom. The van der Waals surface area contributed by atoms with Crippen molar-refractivity contribution in [1.29, 1.82) is 0 Å². The molecule has 21 heavy (non-hydrogen) atoms. The minimum absolute atomic E-state index is 0.0374. The predicted octanol–water partition coefficient (Wildman–Crippen LogP) is 2.01. The normalized spacial score (nSPS) is 27.2. The molecule has 1 aromatic rings. The molecule has 0 bridgehead atoms. The Morgan fingerprint density at radius 2 is 1.76 bits per heavy atom. The third-order valence-electron chi connectivity index (χ3n) is 3.70. The van der Waals surface area contributed by atoms with E-state index in [0.29, 0.717) is 15.7 Å². The third kappa shape index (κ3) is 4.58. The van der Waals surface area contributed by atoms with Crippen LogP contribution in [0.25, 0.3) is 0 Å². The van der Waals surface area contributed by atoms with Gasteiger partial charge in [-0.3, -0.25) is 4.79 Å². The van der Waals surface area contributed by atoms with Gasteiger partial charge in [0.25, 0.3) is 5.91 Å². The van der Waals surface area contributed by atoms with E-state index in [1.54, 1.807) is 18.2 Å². The van der Waals surface area contributed by atoms with E-state index in [4.69, 9.17) is 27.9 Å².